The maximum absolute atomic E-state index is 11.8. The summed E-state index contributed by atoms with van der Waals surface area (Å²) in [5.41, 5.74) is 0.515. The van der Waals surface area contributed by atoms with Gasteiger partial charge in [-0.3, -0.25) is 4.79 Å². The second-order valence-electron chi connectivity index (χ2n) is 3.91. The summed E-state index contributed by atoms with van der Waals surface area (Å²) in [6.07, 6.45) is 0. The van der Waals surface area contributed by atoms with Gasteiger partial charge < -0.3 is 4.90 Å². The van der Waals surface area contributed by atoms with Crippen LogP contribution in [0.3, 0.4) is 0 Å². The molecular formula is C11H14ClNO3S. The first-order chi connectivity index (χ1) is 7.82. The molecule has 0 aliphatic rings. The van der Waals surface area contributed by atoms with Crippen molar-refractivity contribution in [2.45, 2.75) is 5.75 Å². The lowest BCUT2D eigenvalue weighted by Crippen LogP contribution is -2.29. The molecule has 0 spiro atoms. The second-order valence-corrected chi connectivity index (χ2v) is 6.38. The van der Waals surface area contributed by atoms with Crippen molar-refractivity contribution in [3.8, 4) is 0 Å². The number of halogens is 1. The number of carbonyl (C=O) groups is 1. The number of sulfone groups is 1. The van der Waals surface area contributed by atoms with Crippen molar-refractivity contribution < 1.29 is 13.2 Å². The number of hydrogen-bond acceptors (Lipinski definition) is 3. The Hall–Kier alpha value is -1.07. The van der Waals surface area contributed by atoms with E-state index < -0.39 is 21.5 Å². The molecule has 0 atom stereocenters. The molecule has 0 fully saturated rings. The minimum atomic E-state index is -3.48. The summed E-state index contributed by atoms with van der Waals surface area (Å²) < 4.78 is 23.5. The van der Waals surface area contributed by atoms with Gasteiger partial charge in [-0.05, 0) is 11.6 Å². The minimum Gasteiger partial charge on any atom is -0.348 e. The van der Waals surface area contributed by atoms with E-state index in [4.69, 9.17) is 11.6 Å². The lowest BCUT2D eigenvalue weighted by Gasteiger charge is -2.11. The van der Waals surface area contributed by atoms with Gasteiger partial charge in [0.25, 0.3) is 0 Å². The zero-order chi connectivity index (χ0) is 13.1. The normalized spacial score (nSPS) is 11.2. The van der Waals surface area contributed by atoms with Crippen LogP contribution in [0.1, 0.15) is 5.56 Å². The van der Waals surface area contributed by atoms with Gasteiger partial charge in [0.1, 0.15) is 5.75 Å². The summed E-state index contributed by atoms with van der Waals surface area (Å²) in [6.45, 7) is 0. The Bertz CT molecular complexity index is 511. The van der Waals surface area contributed by atoms with Crippen LogP contribution in [0.15, 0.2) is 24.3 Å². The number of carbonyl (C=O) groups excluding carboxylic acids is 1. The van der Waals surface area contributed by atoms with Gasteiger partial charge in [-0.25, -0.2) is 8.42 Å². The SMILES string of the molecule is CN(C)C(=O)CS(=O)(=O)Cc1ccccc1Cl. The monoisotopic (exact) mass is 275 g/mol. The fourth-order valence-corrected chi connectivity index (χ4v) is 2.96. The molecule has 0 radical (unpaired) electrons. The molecule has 1 rings (SSSR count). The molecule has 1 aromatic carbocycles. The molecule has 0 aliphatic carbocycles. The zero-order valence-corrected chi connectivity index (χ0v) is 11.3. The summed E-state index contributed by atoms with van der Waals surface area (Å²) in [6, 6.07) is 6.70. The van der Waals surface area contributed by atoms with Crippen LogP contribution in [0, 0.1) is 0 Å². The first kappa shape index (κ1) is 14.0. The molecule has 0 aromatic heterocycles. The van der Waals surface area contributed by atoms with Crippen LogP contribution in [0.25, 0.3) is 0 Å². The van der Waals surface area contributed by atoms with Crippen LogP contribution >= 0.6 is 11.6 Å². The Labute approximate surface area is 106 Å². The summed E-state index contributed by atoms with van der Waals surface area (Å²) in [5.74, 6) is -1.14. The van der Waals surface area contributed by atoms with Gasteiger partial charge in [-0.2, -0.15) is 0 Å². The Balaban J connectivity index is 2.81. The van der Waals surface area contributed by atoms with Crippen molar-refractivity contribution in [2.24, 2.45) is 0 Å². The topological polar surface area (TPSA) is 54.5 Å². The molecule has 94 valence electrons. The molecule has 1 aromatic rings. The molecule has 4 nitrogen and oxygen atoms in total. The highest BCUT2D eigenvalue weighted by molar-refractivity contribution is 7.91. The van der Waals surface area contributed by atoms with E-state index in [0.717, 1.165) is 0 Å². The van der Waals surface area contributed by atoms with Crippen LogP contribution < -0.4 is 0 Å². The molecule has 1 amide bonds. The summed E-state index contributed by atoms with van der Waals surface area (Å²) in [7, 11) is -0.435. The molecular weight excluding hydrogens is 262 g/mol. The highest BCUT2D eigenvalue weighted by Gasteiger charge is 2.19. The lowest BCUT2D eigenvalue weighted by atomic mass is 10.2. The van der Waals surface area contributed by atoms with Crippen molar-refractivity contribution in [2.75, 3.05) is 19.8 Å². The standard InChI is InChI=1S/C11H14ClNO3S/c1-13(2)11(14)8-17(15,16)7-9-5-3-4-6-10(9)12/h3-6H,7-8H2,1-2H3. The van der Waals surface area contributed by atoms with E-state index in [0.29, 0.717) is 10.6 Å². The average molecular weight is 276 g/mol. The van der Waals surface area contributed by atoms with Crippen molar-refractivity contribution in [1.29, 1.82) is 0 Å². The third-order valence-electron chi connectivity index (χ3n) is 2.18. The van der Waals surface area contributed by atoms with Crippen molar-refractivity contribution in [3.63, 3.8) is 0 Å². The average Bonchev–Trinajstić information content (AvgIpc) is 2.20. The molecule has 0 unspecified atom stereocenters. The van der Waals surface area contributed by atoms with Crippen LogP contribution in [0.4, 0.5) is 0 Å². The summed E-state index contributed by atoms with van der Waals surface area (Å²) in [4.78, 5) is 12.6. The van der Waals surface area contributed by atoms with Crippen LogP contribution in [0.2, 0.25) is 5.02 Å². The highest BCUT2D eigenvalue weighted by atomic mass is 35.5. The van der Waals surface area contributed by atoms with E-state index in [1.54, 1.807) is 24.3 Å². The Kier molecular flexibility index (Phi) is 4.54. The molecule has 6 heteroatoms. The first-order valence-electron chi connectivity index (χ1n) is 4.96. The molecule has 0 heterocycles. The molecule has 0 N–H and O–H groups in total. The van der Waals surface area contributed by atoms with Gasteiger partial charge in [0, 0.05) is 19.1 Å². The van der Waals surface area contributed by atoms with E-state index >= 15 is 0 Å². The maximum atomic E-state index is 11.8. The Morgan fingerprint density at radius 3 is 2.41 bits per heavy atom. The zero-order valence-electron chi connectivity index (χ0n) is 9.68. The highest BCUT2D eigenvalue weighted by Crippen LogP contribution is 2.17. The van der Waals surface area contributed by atoms with Crippen molar-refractivity contribution >= 4 is 27.3 Å². The molecule has 17 heavy (non-hydrogen) atoms. The second kappa shape index (κ2) is 5.51. The van der Waals surface area contributed by atoms with Crippen LogP contribution in [-0.4, -0.2) is 39.1 Å². The quantitative estimate of drug-likeness (QED) is 0.833. The van der Waals surface area contributed by atoms with Gasteiger partial charge in [0.05, 0.1) is 5.75 Å². The number of nitrogens with zero attached hydrogens (tertiary/aromatic N) is 1. The van der Waals surface area contributed by atoms with Gasteiger partial charge in [0.2, 0.25) is 5.91 Å². The number of rotatable bonds is 4. The smallest absolute Gasteiger partial charge is 0.237 e. The fourth-order valence-electron chi connectivity index (χ4n) is 1.22. The minimum absolute atomic E-state index is 0.216. The third kappa shape index (κ3) is 4.36. The molecule has 0 saturated heterocycles. The Morgan fingerprint density at radius 2 is 1.88 bits per heavy atom. The maximum Gasteiger partial charge on any atom is 0.237 e. The first-order valence-corrected chi connectivity index (χ1v) is 7.16. The lowest BCUT2D eigenvalue weighted by molar-refractivity contribution is -0.125. The summed E-state index contributed by atoms with van der Waals surface area (Å²) >= 11 is 5.87. The third-order valence-corrected chi connectivity index (χ3v) is 3.98. The fraction of sp³-hybridized carbons (Fsp3) is 0.364. The molecule has 0 bridgehead atoms. The largest absolute Gasteiger partial charge is 0.348 e. The summed E-state index contributed by atoms with van der Waals surface area (Å²) in [5, 5.41) is 0.397. The van der Waals surface area contributed by atoms with Crippen molar-refractivity contribution in [1.82, 2.24) is 4.90 Å². The van der Waals surface area contributed by atoms with E-state index in [-0.39, 0.29) is 5.75 Å². The van der Waals surface area contributed by atoms with Gasteiger partial charge in [0.15, 0.2) is 9.84 Å². The van der Waals surface area contributed by atoms with E-state index in [1.807, 2.05) is 0 Å². The van der Waals surface area contributed by atoms with Crippen LogP contribution in [-0.2, 0) is 20.4 Å². The van der Waals surface area contributed by atoms with E-state index in [2.05, 4.69) is 0 Å². The van der Waals surface area contributed by atoms with E-state index in [9.17, 15) is 13.2 Å². The number of hydrogen-bond donors (Lipinski definition) is 0. The van der Waals surface area contributed by atoms with Gasteiger partial charge in [-0.15, -0.1) is 0 Å². The van der Waals surface area contributed by atoms with Crippen molar-refractivity contribution in [3.05, 3.63) is 34.9 Å². The van der Waals surface area contributed by atoms with Gasteiger partial charge >= 0.3 is 0 Å². The molecule has 0 saturated carbocycles. The molecule has 0 aliphatic heterocycles. The predicted octanol–water partition coefficient (Wildman–Crippen LogP) is 1.34. The van der Waals surface area contributed by atoms with Crippen LogP contribution in [0.5, 0.6) is 0 Å². The number of benzene rings is 1. The Morgan fingerprint density at radius 1 is 1.29 bits per heavy atom. The predicted molar refractivity (Wildman–Crippen MR) is 67.6 cm³/mol. The van der Waals surface area contributed by atoms with E-state index in [1.165, 1.54) is 19.0 Å². The van der Waals surface area contributed by atoms with Gasteiger partial charge in [-0.1, -0.05) is 29.8 Å². The number of amides is 1.